The molecule has 0 unspecified atom stereocenters. The van der Waals surface area contributed by atoms with Gasteiger partial charge in [-0.2, -0.15) is 0 Å². The highest BCUT2D eigenvalue weighted by Gasteiger charge is 2.28. The Morgan fingerprint density at radius 1 is 1.16 bits per heavy atom. The number of anilines is 2. The fraction of sp³-hybridized carbons (Fsp3) is 0.609. The highest BCUT2D eigenvalue weighted by Crippen LogP contribution is 2.25. The van der Waals surface area contributed by atoms with Crippen LogP contribution in [-0.2, 0) is 9.47 Å². The first-order valence-corrected chi connectivity index (χ1v) is 11.7. The normalized spacial score (nSPS) is 20.4. The van der Waals surface area contributed by atoms with Gasteiger partial charge in [-0.25, -0.2) is 9.78 Å². The fourth-order valence-electron chi connectivity index (χ4n) is 4.57. The molecule has 9 heteroatoms. The van der Waals surface area contributed by atoms with Crippen molar-refractivity contribution >= 4 is 28.6 Å². The van der Waals surface area contributed by atoms with Crippen LogP contribution in [0.5, 0.6) is 0 Å². The molecule has 0 spiro atoms. The van der Waals surface area contributed by atoms with Crippen LogP contribution < -0.4 is 15.5 Å². The van der Waals surface area contributed by atoms with Gasteiger partial charge in [0.25, 0.3) is 0 Å². The van der Waals surface area contributed by atoms with Gasteiger partial charge in [-0.3, -0.25) is 15.2 Å². The van der Waals surface area contributed by atoms with E-state index in [1.165, 1.54) is 12.8 Å². The van der Waals surface area contributed by atoms with Gasteiger partial charge in [0, 0.05) is 38.8 Å². The molecule has 172 valence electrons. The molecular weight excluding hydrogens is 408 g/mol. The van der Waals surface area contributed by atoms with Crippen molar-refractivity contribution < 1.29 is 14.3 Å². The third kappa shape index (κ3) is 5.28. The molecule has 3 aliphatic rings. The first-order chi connectivity index (χ1) is 15.7. The average Bonchev–Trinajstić information content (AvgIpc) is 3.28. The maximum atomic E-state index is 12.2. The molecule has 2 aromatic heterocycles. The number of hydrogen-bond acceptors (Lipinski definition) is 7. The van der Waals surface area contributed by atoms with Gasteiger partial charge in [-0.1, -0.05) is 12.8 Å². The van der Waals surface area contributed by atoms with Gasteiger partial charge in [-0.05, 0) is 31.0 Å². The molecule has 32 heavy (non-hydrogen) atoms. The van der Waals surface area contributed by atoms with E-state index in [4.69, 9.17) is 9.47 Å². The van der Waals surface area contributed by atoms with Crippen LogP contribution >= 0.6 is 0 Å². The van der Waals surface area contributed by atoms with Crippen molar-refractivity contribution in [2.45, 2.75) is 37.8 Å². The van der Waals surface area contributed by atoms with Crippen molar-refractivity contribution in [2.75, 3.05) is 62.8 Å². The van der Waals surface area contributed by atoms with E-state index in [1.54, 1.807) is 6.07 Å². The summed E-state index contributed by atoms with van der Waals surface area (Å²) in [5.74, 6) is 0.542. The highest BCUT2D eigenvalue weighted by atomic mass is 16.5. The number of nitrogens with one attached hydrogen (secondary N) is 2. The molecule has 0 bridgehead atoms. The number of morpholine rings is 1. The molecule has 0 aromatic carbocycles. The van der Waals surface area contributed by atoms with Crippen LogP contribution in [0.25, 0.3) is 11.0 Å². The second kappa shape index (κ2) is 9.97. The topological polar surface area (TPSA) is 91.9 Å². The molecule has 2 saturated heterocycles. The van der Waals surface area contributed by atoms with E-state index >= 15 is 0 Å². The van der Waals surface area contributed by atoms with Crippen LogP contribution in [0.3, 0.4) is 0 Å². The van der Waals surface area contributed by atoms with Crippen LogP contribution in [0, 0.1) is 0 Å². The van der Waals surface area contributed by atoms with Crippen molar-refractivity contribution in [1.29, 1.82) is 0 Å². The summed E-state index contributed by atoms with van der Waals surface area (Å²) in [5, 5.41) is 5.89. The minimum atomic E-state index is -0.187. The van der Waals surface area contributed by atoms with Crippen molar-refractivity contribution in [1.82, 2.24) is 20.2 Å². The summed E-state index contributed by atoms with van der Waals surface area (Å²) in [6, 6.07) is 5.81. The zero-order valence-corrected chi connectivity index (χ0v) is 18.5. The summed E-state index contributed by atoms with van der Waals surface area (Å²) in [5.41, 5.74) is 2.62. The molecule has 0 radical (unpaired) electrons. The maximum Gasteiger partial charge on any atom is 0.320 e. The molecule has 2 amide bonds. The number of carbonyl (C=O) groups excluding carboxylic acids is 1. The molecule has 2 aromatic rings. The van der Waals surface area contributed by atoms with Crippen molar-refractivity contribution in [3.05, 3.63) is 24.4 Å². The van der Waals surface area contributed by atoms with Crippen molar-refractivity contribution in [3.8, 4) is 0 Å². The molecule has 0 atom stereocenters. The van der Waals surface area contributed by atoms with E-state index in [1.807, 2.05) is 18.3 Å². The molecular formula is C23H32N6O3. The Hall–Kier alpha value is -2.49. The van der Waals surface area contributed by atoms with Gasteiger partial charge in [0.15, 0.2) is 0 Å². The fourth-order valence-corrected chi connectivity index (χ4v) is 4.57. The van der Waals surface area contributed by atoms with Crippen LogP contribution in [0.15, 0.2) is 24.4 Å². The molecule has 1 saturated carbocycles. The molecule has 1 aliphatic carbocycles. The minimum absolute atomic E-state index is 0.187. The first kappa shape index (κ1) is 21.4. The predicted molar refractivity (Wildman–Crippen MR) is 123 cm³/mol. The quantitative estimate of drug-likeness (QED) is 0.682. The van der Waals surface area contributed by atoms with Crippen LogP contribution in [0.2, 0.25) is 0 Å². The number of rotatable bonds is 7. The summed E-state index contributed by atoms with van der Waals surface area (Å²) in [4.78, 5) is 26.0. The lowest BCUT2D eigenvalue weighted by Gasteiger charge is -2.40. The summed E-state index contributed by atoms with van der Waals surface area (Å²) in [7, 11) is 0. The molecule has 9 nitrogen and oxygen atoms in total. The van der Waals surface area contributed by atoms with Crippen molar-refractivity contribution in [2.24, 2.45) is 0 Å². The molecule has 2 N–H and O–H groups in total. The molecule has 2 aliphatic heterocycles. The van der Waals surface area contributed by atoms with E-state index < -0.39 is 0 Å². The Bertz CT molecular complexity index is 923. The lowest BCUT2D eigenvalue weighted by Crippen LogP contribution is -2.53. The second-order valence-corrected chi connectivity index (χ2v) is 8.86. The smallest absolute Gasteiger partial charge is 0.320 e. The van der Waals surface area contributed by atoms with E-state index in [9.17, 15) is 4.79 Å². The van der Waals surface area contributed by atoms with Crippen molar-refractivity contribution in [3.63, 3.8) is 0 Å². The lowest BCUT2D eigenvalue weighted by molar-refractivity contribution is -0.00573. The summed E-state index contributed by atoms with van der Waals surface area (Å²) in [6.07, 6.45) is 6.62. The number of fused-ring (bicyclic) bond motifs is 1. The molecule has 3 fully saturated rings. The van der Waals surface area contributed by atoms with E-state index in [0.717, 1.165) is 82.1 Å². The zero-order valence-electron chi connectivity index (χ0n) is 18.5. The lowest BCUT2D eigenvalue weighted by atomic mass is 10.1. The van der Waals surface area contributed by atoms with Gasteiger partial charge in [-0.15, -0.1) is 0 Å². The maximum absolute atomic E-state index is 12.2. The first-order valence-electron chi connectivity index (χ1n) is 11.7. The molecule has 4 heterocycles. The molecule has 5 rings (SSSR count). The van der Waals surface area contributed by atoms with Gasteiger partial charge in [0.05, 0.1) is 48.8 Å². The van der Waals surface area contributed by atoms with Crippen LogP contribution in [-0.4, -0.2) is 85.6 Å². The largest absolute Gasteiger partial charge is 0.379 e. The van der Waals surface area contributed by atoms with Crippen LogP contribution in [0.4, 0.5) is 16.3 Å². The summed E-state index contributed by atoms with van der Waals surface area (Å²) in [6.45, 7) is 7.07. The van der Waals surface area contributed by atoms with Gasteiger partial charge in [0.2, 0.25) is 0 Å². The average molecular weight is 441 g/mol. The number of nitrogens with zero attached hydrogens (tertiary/aromatic N) is 4. The summed E-state index contributed by atoms with van der Waals surface area (Å²) >= 11 is 0. The van der Waals surface area contributed by atoms with Gasteiger partial charge in [0.1, 0.15) is 5.82 Å². The number of aromatic nitrogens is 2. The number of urea groups is 1. The predicted octanol–water partition coefficient (Wildman–Crippen LogP) is 2.23. The number of amides is 2. The third-order valence-electron chi connectivity index (χ3n) is 6.53. The van der Waals surface area contributed by atoms with Gasteiger partial charge < -0.3 is 19.7 Å². The third-order valence-corrected chi connectivity index (χ3v) is 6.53. The Morgan fingerprint density at radius 3 is 2.78 bits per heavy atom. The zero-order chi connectivity index (χ0) is 21.8. The second-order valence-electron chi connectivity index (χ2n) is 8.86. The Labute approximate surface area is 188 Å². The Balaban J connectivity index is 1.12. The van der Waals surface area contributed by atoms with Gasteiger partial charge >= 0.3 is 6.03 Å². The summed E-state index contributed by atoms with van der Waals surface area (Å²) < 4.78 is 11.4. The van der Waals surface area contributed by atoms with E-state index in [2.05, 4.69) is 30.4 Å². The number of carbonyl (C=O) groups is 1. The minimum Gasteiger partial charge on any atom is -0.379 e. The monoisotopic (exact) mass is 440 g/mol. The number of ether oxygens (including phenoxy) is 2. The Kier molecular flexibility index (Phi) is 6.66. The Morgan fingerprint density at radius 2 is 1.97 bits per heavy atom. The number of hydrogen-bond donors (Lipinski definition) is 2. The van der Waals surface area contributed by atoms with E-state index in [-0.39, 0.29) is 18.2 Å². The van der Waals surface area contributed by atoms with Crippen LogP contribution in [0.1, 0.15) is 25.7 Å². The highest BCUT2D eigenvalue weighted by molar-refractivity contribution is 5.90. The number of pyridine rings is 2. The standard InChI is InChI=1S/C23H32N6O3/c30-23(25-17-3-1-2-4-17)27-22-6-5-20-21(26-22)13-18(14-24-20)29-15-19(16-29)32-12-9-28-7-10-31-11-8-28/h5-6,13-14,17,19H,1-4,7-12,15-16H2,(H2,25,26,27,30). The van der Waals surface area contributed by atoms with E-state index in [0.29, 0.717) is 5.82 Å². The SMILES string of the molecule is O=C(Nc1ccc2ncc(N3CC(OCCN4CCOCC4)C3)cc2n1)NC1CCCC1.